The maximum Gasteiger partial charge on any atom is 0.192 e. The van der Waals surface area contributed by atoms with Crippen molar-refractivity contribution in [2.24, 2.45) is 11.8 Å². The second-order valence-electron chi connectivity index (χ2n) is 8.50. The van der Waals surface area contributed by atoms with E-state index in [-0.39, 0.29) is 24.4 Å². The minimum atomic E-state index is -1.74. The van der Waals surface area contributed by atoms with Crippen LogP contribution in [0.3, 0.4) is 0 Å². The zero-order chi connectivity index (χ0) is 21.6. The first-order valence-corrected chi connectivity index (χ1v) is 13.6. The maximum absolute atomic E-state index is 6.88. The molecule has 0 amide bonds. The first-order chi connectivity index (χ1) is 13.8. The predicted octanol–water partition coefficient (Wildman–Crippen LogP) is 6.35. The minimum absolute atomic E-state index is 0.0172. The van der Waals surface area contributed by atoms with Crippen LogP contribution < -0.4 is 4.74 Å². The monoisotopic (exact) mass is 420 g/mol. The Bertz CT molecular complexity index is 633. The third-order valence-electron chi connectivity index (χ3n) is 6.53. The molecule has 5 heteroatoms. The van der Waals surface area contributed by atoms with Gasteiger partial charge >= 0.3 is 0 Å². The Labute approximate surface area is 178 Å². The van der Waals surface area contributed by atoms with E-state index in [9.17, 15) is 0 Å². The largest absolute Gasteiger partial charge is 0.497 e. The van der Waals surface area contributed by atoms with Crippen molar-refractivity contribution in [2.45, 2.75) is 78.2 Å². The van der Waals surface area contributed by atoms with Gasteiger partial charge in [-0.05, 0) is 37.2 Å². The van der Waals surface area contributed by atoms with Crippen molar-refractivity contribution in [1.82, 2.24) is 0 Å². The van der Waals surface area contributed by atoms with Crippen molar-refractivity contribution < 1.29 is 18.6 Å². The van der Waals surface area contributed by atoms with Crippen LogP contribution in [0, 0.1) is 11.8 Å². The quantitative estimate of drug-likeness (QED) is 0.326. The lowest BCUT2D eigenvalue weighted by atomic mass is 9.86. The van der Waals surface area contributed by atoms with Gasteiger partial charge in [0.1, 0.15) is 5.75 Å². The summed E-state index contributed by atoms with van der Waals surface area (Å²) in [5.74, 6) is 1.34. The van der Waals surface area contributed by atoms with E-state index in [2.05, 4.69) is 48.1 Å². The summed E-state index contributed by atoms with van der Waals surface area (Å²) in [7, 11) is -0.0720. The molecule has 0 radical (unpaired) electrons. The predicted molar refractivity (Wildman–Crippen MR) is 122 cm³/mol. The summed E-state index contributed by atoms with van der Waals surface area (Å²) in [5.41, 5.74) is 2.11. The van der Waals surface area contributed by atoms with Crippen LogP contribution in [0.5, 0.6) is 5.75 Å². The van der Waals surface area contributed by atoms with E-state index in [0.29, 0.717) is 12.5 Å². The maximum atomic E-state index is 6.88. The molecular formula is C24H40O4Si. The van der Waals surface area contributed by atoms with E-state index in [1.165, 1.54) is 0 Å². The Balaban J connectivity index is 2.19. The lowest BCUT2D eigenvalue weighted by Gasteiger charge is -2.43. The van der Waals surface area contributed by atoms with Gasteiger partial charge in [-0.2, -0.15) is 0 Å². The number of ether oxygens (including phenoxy) is 3. The summed E-state index contributed by atoms with van der Waals surface area (Å²) in [4.78, 5) is 0. The first kappa shape index (κ1) is 24.1. The molecule has 0 bridgehead atoms. The highest BCUT2D eigenvalue weighted by Gasteiger charge is 2.41. The molecule has 0 aromatic heterocycles. The fraction of sp³-hybridized carbons (Fsp3) is 0.667. The third-order valence-corrected chi connectivity index (χ3v) is 11.2. The molecule has 1 aromatic carbocycles. The van der Waals surface area contributed by atoms with Gasteiger partial charge in [-0.1, -0.05) is 58.9 Å². The van der Waals surface area contributed by atoms with Crippen molar-refractivity contribution in [3.05, 3.63) is 42.0 Å². The van der Waals surface area contributed by atoms with E-state index in [1.807, 2.05) is 24.3 Å². The number of benzene rings is 1. The fourth-order valence-corrected chi connectivity index (χ4v) is 7.28. The molecule has 1 heterocycles. The van der Waals surface area contributed by atoms with Gasteiger partial charge in [-0.3, -0.25) is 0 Å². The molecule has 1 fully saturated rings. The summed E-state index contributed by atoms with van der Waals surface area (Å²) < 4.78 is 24.7. The molecule has 0 N–H and O–H groups in total. The number of rotatable bonds is 10. The van der Waals surface area contributed by atoms with Gasteiger partial charge in [-0.15, -0.1) is 0 Å². The number of methoxy groups -OCH3 is 1. The second kappa shape index (κ2) is 10.8. The highest BCUT2D eigenvalue weighted by Crippen LogP contribution is 2.37. The van der Waals surface area contributed by atoms with Crippen LogP contribution in [-0.2, 0) is 13.9 Å². The van der Waals surface area contributed by atoms with Crippen molar-refractivity contribution in [1.29, 1.82) is 0 Å². The van der Waals surface area contributed by atoms with E-state index in [0.717, 1.165) is 35.0 Å². The molecule has 5 atom stereocenters. The molecule has 0 spiro atoms. The van der Waals surface area contributed by atoms with E-state index in [1.54, 1.807) is 7.11 Å². The molecule has 1 aromatic rings. The van der Waals surface area contributed by atoms with Crippen LogP contribution in [0.15, 0.2) is 36.4 Å². The molecule has 2 rings (SSSR count). The van der Waals surface area contributed by atoms with Crippen molar-refractivity contribution in [3.63, 3.8) is 0 Å². The van der Waals surface area contributed by atoms with E-state index < -0.39 is 8.32 Å². The normalized spacial score (nSPS) is 24.7. The molecule has 0 saturated carbocycles. The van der Waals surface area contributed by atoms with Crippen LogP contribution in [0.4, 0.5) is 0 Å². The molecule has 5 unspecified atom stereocenters. The molecular weight excluding hydrogens is 380 g/mol. The molecule has 29 heavy (non-hydrogen) atoms. The highest BCUT2D eigenvalue weighted by atomic mass is 28.4. The Morgan fingerprint density at radius 3 is 2.24 bits per heavy atom. The highest BCUT2D eigenvalue weighted by molar-refractivity contribution is 6.73. The fourth-order valence-electron chi connectivity index (χ4n) is 4.33. The summed E-state index contributed by atoms with van der Waals surface area (Å²) in [6.45, 7) is 18.3. The minimum Gasteiger partial charge on any atom is -0.497 e. The Hall–Kier alpha value is -1.14. The molecule has 0 aliphatic carbocycles. The van der Waals surface area contributed by atoms with Crippen LogP contribution >= 0.6 is 0 Å². The van der Waals surface area contributed by atoms with Crippen molar-refractivity contribution in [3.8, 4) is 5.75 Å². The van der Waals surface area contributed by atoms with E-state index in [4.69, 9.17) is 18.6 Å². The van der Waals surface area contributed by atoms with Gasteiger partial charge in [0.15, 0.2) is 14.6 Å². The van der Waals surface area contributed by atoms with Gasteiger partial charge < -0.3 is 18.6 Å². The molecule has 1 saturated heterocycles. The van der Waals surface area contributed by atoms with Gasteiger partial charge in [0, 0.05) is 17.4 Å². The van der Waals surface area contributed by atoms with Crippen molar-refractivity contribution in [2.75, 3.05) is 13.7 Å². The van der Waals surface area contributed by atoms with E-state index >= 15 is 0 Å². The zero-order valence-electron chi connectivity index (χ0n) is 19.4. The van der Waals surface area contributed by atoms with Crippen LogP contribution in [0.1, 0.15) is 53.4 Å². The second-order valence-corrected chi connectivity index (χ2v) is 13.2. The van der Waals surface area contributed by atoms with Crippen LogP contribution in [0.2, 0.25) is 18.1 Å². The SMILES string of the molecule is C=C(C)C(O[Si](CC)(CC)CC)C(C)C1OC(c2ccc(OC)cc2)OCC1C. The van der Waals surface area contributed by atoms with Crippen LogP contribution in [0.25, 0.3) is 0 Å². The third kappa shape index (κ3) is 5.72. The van der Waals surface area contributed by atoms with Gasteiger partial charge in [0.25, 0.3) is 0 Å². The lowest BCUT2D eigenvalue weighted by Crippen LogP contribution is -2.48. The number of hydrogen-bond donors (Lipinski definition) is 0. The summed E-state index contributed by atoms with van der Waals surface area (Å²) in [6.07, 6.45) is -0.292. The standard InChI is InChI=1S/C24H40O4Si/c1-9-29(10-2,11-3)28-22(17(4)5)19(7)23-18(6)16-26-24(27-23)20-12-14-21(25-8)15-13-20/h12-15,18-19,22-24H,4,9-11,16H2,1-3,5-8H3. The Morgan fingerprint density at radius 2 is 1.76 bits per heavy atom. The summed E-state index contributed by atoms with van der Waals surface area (Å²) >= 11 is 0. The number of hydrogen-bond acceptors (Lipinski definition) is 4. The topological polar surface area (TPSA) is 36.9 Å². The van der Waals surface area contributed by atoms with Gasteiger partial charge in [-0.25, -0.2) is 0 Å². The Morgan fingerprint density at radius 1 is 1.17 bits per heavy atom. The lowest BCUT2D eigenvalue weighted by molar-refractivity contribution is -0.254. The van der Waals surface area contributed by atoms with Gasteiger partial charge in [0.2, 0.25) is 0 Å². The van der Waals surface area contributed by atoms with Crippen LogP contribution in [-0.4, -0.2) is 34.2 Å². The summed E-state index contributed by atoms with van der Waals surface area (Å²) in [5, 5.41) is 0. The smallest absolute Gasteiger partial charge is 0.192 e. The average molecular weight is 421 g/mol. The molecule has 1 aliphatic rings. The van der Waals surface area contributed by atoms with Gasteiger partial charge in [0.05, 0.1) is 25.9 Å². The molecule has 1 aliphatic heterocycles. The molecule has 4 nitrogen and oxygen atoms in total. The molecule has 164 valence electrons. The van der Waals surface area contributed by atoms with Crippen molar-refractivity contribution >= 4 is 8.32 Å². The Kier molecular flexibility index (Phi) is 8.95. The first-order valence-electron chi connectivity index (χ1n) is 11.0. The zero-order valence-corrected chi connectivity index (χ0v) is 20.4. The summed E-state index contributed by atoms with van der Waals surface area (Å²) in [6, 6.07) is 11.3. The average Bonchev–Trinajstić information content (AvgIpc) is 2.75.